The summed E-state index contributed by atoms with van der Waals surface area (Å²) >= 11 is 0. The third kappa shape index (κ3) is 3.14. The Balaban J connectivity index is 2.60. The molecular formula is C24H25O4P. The molecule has 0 aliphatic carbocycles. The van der Waals surface area contributed by atoms with E-state index in [-0.39, 0.29) is 0 Å². The third-order valence-corrected chi connectivity index (χ3v) is 13.6. The summed E-state index contributed by atoms with van der Waals surface area (Å²) in [5.41, 5.74) is -1.09. The summed E-state index contributed by atoms with van der Waals surface area (Å²) in [5, 5.41) is 22.8. The monoisotopic (exact) mass is 408 g/mol. The fourth-order valence-electron chi connectivity index (χ4n) is 4.76. The molecule has 0 saturated carbocycles. The zero-order valence-corrected chi connectivity index (χ0v) is 17.2. The van der Waals surface area contributed by atoms with Gasteiger partial charge in [-0.05, 0) is 0 Å². The Morgan fingerprint density at radius 1 is 0.724 bits per heavy atom. The molecule has 5 heteroatoms. The Hall–Kier alpha value is -2.97. The average Bonchev–Trinajstić information content (AvgIpc) is 2.76. The SMILES string of the molecule is CCP(c1ccccc1)(c1ccccc1)(c1ccccc1)C(CC(=O)O)C(=O)O. The van der Waals surface area contributed by atoms with E-state index >= 15 is 0 Å². The van der Waals surface area contributed by atoms with E-state index in [2.05, 4.69) is 0 Å². The normalized spacial score (nSPS) is 13.8. The average molecular weight is 408 g/mol. The first-order chi connectivity index (χ1) is 14.0. The molecule has 0 fully saturated rings. The summed E-state index contributed by atoms with van der Waals surface area (Å²) in [6, 6.07) is 28.8. The van der Waals surface area contributed by atoms with E-state index < -0.39 is 30.6 Å². The first-order valence-electron chi connectivity index (χ1n) is 9.59. The minimum atomic E-state index is -3.71. The third-order valence-electron chi connectivity index (χ3n) is 6.04. The summed E-state index contributed by atoms with van der Waals surface area (Å²) in [4.78, 5) is 24.6. The van der Waals surface area contributed by atoms with Crippen LogP contribution in [0.3, 0.4) is 0 Å². The fourth-order valence-corrected chi connectivity index (χ4v) is 11.9. The van der Waals surface area contributed by atoms with Crippen molar-refractivity contribution in [2.75, 3.05) is 6.16 Å². The van der Waals surface area contributed by atoms with Gasteiger partial charge in [-0.3, -0.25) is 0 Å². The summed E-state index contributed by atoms with van der Waals surface area (Å²) < 4.78 is 0. The van der Waals surface area contributed by atoms with Gasteiger partial charge >= 0.3 is 170 Å². The van der Waals surface area contributed by atoms with Crippen LogP contribution in [0.25, 0.3) is 0 Å². The van der Waals surface area contributed by atoms with Crippen LogP contribution in [-0.2, 0) is 9.59 Å². The van der Waals surface area contributed by atoms with Gasteiger partial charge in [-0.25, -0.2) is 0 Å². The molecule has 3 aromatic rings. The Bertz CT molecular complexity index is 888. The summed E-state index contributed by atoms with van der Waals surface area (Å²) in [7, 11) is 0. The summed E-state index contributed by atoms with van der Waals surface area (Å²) in [6.07, 6.45) is 0.0631. The van der Waals surface area contributed by atoms with E-state index in [1.165, 1.54) is 0 Å². The molecule has 29 heavy (non-hydrogen) atoms. The molecule has 3 rings (SSSR count). The van der Waals surface area contributed by atoms with Gasteiger partial charge in [-0.1, -0.05) is 0 Å². The van der Waals surface area contributed by atoms with Crippen molar-refractivity contribution < 1.29 is 19.8 Å². The second-order valence-electron chi connectivity index (χ2n) is 7.15. The van der Waals surface area contributed by atoms with Crippen molar-refractivity contribution in [2.45, 2.75) is 19.0 Å². The van der Waals surface area contributed by atoms with Gasteiger partial charge in [-0.2, -0.15) is 0 Å². The molecule has 0 radical (unpaired) electrons. The van der Waals surface area contributed by atoms with Gasteiger partial charge in [0.05, 0.1) is 0 Å². The number of carboxylic acids is 2. The quantitative estimate of drug-likeness (QED) is 0.560. The van der Waals surface area contributed by atoms with Crippen molar-refractivity contribution in [1.82, 2.24) is 0 Å². The van der Waals surface area contributed by atoms with Crippen LogP contribution >= 0.6 is 6.60 Å². The van der Waals surface area contributed by atoms with E-state index in [4.69, 9.17) is 0 Å². The molecule has 4 nitrogen and oxygen atoms in total. The van der Waals surface area contributed by atoms with Crippen LogP contribution in [0.1, 0.15) is 13.3 Å². The molecule has 1 atom stereocenters. The van der Waals surface area contributed by atoms with Crippen LogP contribution in [0.2, 0.25) is 0 Å². The van der Waals surface area contributed by atoms with Gasteiger partial charge in [0.2, 0.25) is 0 Å². The van der Waals surface area contributed by atoms with Crippen molar-refractivity contribution in [1.29, 1.82) is 0 Å². The second kappa shape index (κ2) is 8.18. The Kier molecular flexibility index (Phi) is 5.86. The van der Waals surface area contributed by atoms with Crippen LogP contribution in [0.5, 0.6) is 0 Å². The van der Waals surface area contributed by atoms with Gasteiger partial charge in [0.1, 0.15) is 0 Å². The second-order valence-corrected chi connectivity index (χ2v) is 12.7. The molecule has 0 spiro atoms. The molecule has 0 heterocycles. The summed E-state index contributed by atoms with van der Waals surface area (Å²) in [5.74, 6) is -2.19. The van der Waals surface area contributed by atoms with Gasteiger partial charge in [-0.15, -0.1) is 0 Å². The molecule has 0 aliphatic rings. The van der Waals surface area contributed by atoms with Gasteiger partial charge in [0, 0.05) is 0 Å². The van der Waals surface area contributed by atoms with E-state index in [0.717, 1.165) is 15.9 Å². The Labute approximate surface area is 170 Å². The number of hydrogen-bond donors (Lipinski definition) is 2. The molecule has 0 saturated heterocycles. The van der Waals surface area contributed by atoms with E-state index in [1.54, 1.807) is 0 Å². The Morgan fingerprint density at radius 2 is 1.07 bits per heavy atom. The van der Waals surface area contributed by atoms with Crippen LogP contribution in [0.15, 0.2) is 91.0 Å². The van der Waals surface area contributed by atoms with E-state index in [0.29, 0.717) is 6.16 Å². The zero-order valence-electron chi connectivity index (χ0n) is 16.3. The standard InChI is InChI=1S/C24H25O4P/c1-2-29(19-12-6-3-7-13-19,20-14-8-4-9-15-20,21-16-10-5-11-17-21)22(24(27)28)18-23(25)26/h3-17,22H,2,18H2,1H3,(H,25,26)(H,27,28). The first kappa shape index (κ1) is 20.8. The molecule has 0 amide bonds. The van der Waals surface area contributed by atoms with Crippen molar-refractivity contribution in [3.8, 4) is 0 Å². The molecule has 150 valence electrons. The van der Waals surface area contributed by atoms with Gasteiger partial charge in [0.25, 0.3) is 0 Å². The first-order valence-corrected chi connectivity index (χ1v) is 12.1. The summed E-state index contributed by atoms with van der Waals surface area (Å²) in [6.45, 7) is -1.72. The van der Waals surface area contributed by atoms with Crippen LogP contribution in [-0.4, -0.2) is 34.0 Å². The van der Waals surface area contributed by atoms with Crippen molar-refractivity contribution >= 4 is 34.5 Å². The van der Waals surface area contributed by atoms with Crippen LogP contribution < -0.4 is 15.9 Å². The van der Waals surface area contributed by atoms with E-state index in [9.17, 15) is 19.8 Å². The van der Waals surface area contributed by atoms with Gasteiger partial charge in [0.15, 0.2) is 0 Å². The van der Waals surface area contributed by atoms with Gasteiger partial charge < -0.3 is 0 Å². The zero-order chi connectivity index (χ0) is 20.9. The van der Waals surface area contributed by atoms with Crippen LogP contribution in [0, 0.1) is 0 Å². The number of carbonyl (C=O) groups is 2. The Morgan fingerprint density at radius 3 is 1.31 bits per heavy atom. The van der Waals surface area contributed by atoms with Crippen LogP contribution in [0.4, 0.5) is 0 Å². The molecule has 0 bridgehead atoms. The molecule has 1 unspecified atom stereocenters. The maximum atomic E-state index is 12.7. The van der Waals surface area contributed by atoms with Crippen molar-refractivity contribution in [3.63, 3.8) is 0 Å². The van der Waals surface area contributed by atoms with Crippen molar-refractivity contribution in [3.05, 3.63) is 91.0 Å². The van der Waals surface area contributed by atoms with Crippen molar-refractivity contribution in [2.24, 2.45) is 0 Å². The molecule has 0 aliphatic heterocycles. The minimum absolute atomic E-state index is 0.445. The molecule has 3 aromatic carbocycles. The fraction of sp³-hybridized carbons (Fsp3) is 0.167. The predicted octanol–water partition coefficient (Wildman–Crippen LogP) is 3.46. The number of rotatable bonds is 8. The number of benzene rings is 3. The predicted molar refractivity (Wildman–Crippen MR) is 119 cm³/mol. The topological polar surface area (TPSA) is 74.6 Å². The number of hydrogen-bond acceptors (Lipinski definition) is 2. The molecule has 0 aromatic heterocycles. The number of carboxylic acid groups (broad SMARTS) is 2. The molecular weight excluding hydrogens is 383 g/mol. The molecule has 2 N–H and O–H groups in total. The number of aliphatic carboxylic acids is 2. The van der Waals surface area contributed by atoms with E-state index in [1.807, 2.05) is 97.9 Å². The maximum absolute atomic E-state index is 12.7.